The maximum absolute atomic E-state index is 5.74. The number of allylic oxidation sites excluding steroid dienone is 1. The van der Waals surface area contributed by atoms with Crippen LogP contribution in [-0.2, 0) is 6.42 Å². The molecule has 0 spiro atoms. The van der Waals surface area contributed by atoms with Crippen LogP contribution in [0.5, 0.6) is 0 Å². The highest BCUT2D eigenvalue weighted by molar-refractivity contribution is 6.02. The number of oxazole rings is 1. The lowest BCUT2D eigenvalue weighted by Gasteiger charge is -1.95. The fraction of sp³-hybridized carbons (Fsp3) is 0.0714. The highest BCUT2D eigenvalue weighted by Crippen LogP contribution is 2.25. The second kappa shape index (κ2) is 3.49. The van der Waals surface area contributed by atoms with E-state index in [1.807, 2.05) is 18.2 Å². The van der Waals surface area contributed by atoms with Gasteiger partial charge in [0.05, 0.1) is 0 Å². The van der Waals surface area contributed by atoms with Gasteiger partial charge in [-0.05, 0) is 11.5 Å². The molecule has 0 atom stereocenters. The van der Waals surface area contributed by atoms with Gasteiger partial charge in [-0.2, -0.15) is 0 Å². The first-order valence-corrected chi connectivity index (χ1v) is 5.26. The molecule has 2 heteroatoms. The van der Waals surface area contributed by atoms with Gasteiger partial charge >= 0.3 is 0 Å². The lowest BCUT2D eigenvalue weighted by Crippen LogP contribution is -1.76. The molecule has 0 radical (unpaired) electrons. The summed E-state index contributed by atoms with van der Waals surface area (Å²) in [6, 6.07) is 12.2. The number of benzene rings is 2. The molecule has 0 amide bonds. The maximum atomic E-state index is 5.74. The van der Waals surface area contributed by atoms with E-state index in [4.69, 9.17) is 4.42 Å². The topological polar surface area (TPSA) is 26.0 Å². The molecule has 0 unspecified atom stereocenters. The average molecular weight is 209 g/mol. The van der Waals surface area contributed by atoms with Crippen LogP contribution in [0.4, 0.5) is 0 Å². The van der Waals surface area contributed by atoms with Gasteiger partial charge in [-0.3, -0.25) is 0 Å². The minimum atomic E-state index is 0.670. The summed E-state index contributed by atoms with van der Waals surface area (Å²) in [6.07, 6.45) is 2.47. The summed E-state index contributed by atoms with van der Waals surface area (Å²) in [6.45, 7) is 3.69. The van der Waals surface area contributed by atoms with Gasteiger partial charge in [-0.1, -0.05) is 36.4 Å². The Balaban J connectivity index is 2.36. The zero-order valence-electron chi connectivity index (χ0n) is 8.81. The molecule has 0 aliphatic carbocycles. The van der Waals surface area contributed by atoms with Crippen molar-refractivity contribution < 1.29 is 4.42 Å². The standard InChI is InChI=1S/C14H11NO/c1-2-5-13-15-12-9-8-10-6-3-4-7-11(10)14(12)16-13/h2-4,6-9H,1,5H2. The Morgan fingerprint density at radius 2 is 2.06 bits per heavy atom. The maximum Gasteiger partial charge on any atom is 0.199 e. The number of rotatable bonds is 2. The predicted octanol–water partition coefficient (Wildman–Crippen LogP) is 3.71. The van der Waals surface area contributed by atoms with Crippen LogP contribution in [0.25, 0.3) is 21.9 Å². The monoisotopic (exact) mass is 209 g/mol. The molecule has 1 heterocycles. The summed E-state index contributed by atoms with van der Waals surface area (Å²) in [7, 11) is 0. The van der Waals surface area contributed by atoms with Crippen LogP contribution in [0.15, 0.2) is 53.5 Å². The van der Waals surface area contributed by atoms with E-state index in [0.717, 1.165) is 22.4 Å². The molecule has 3 rings (SSSR count). The lowest BCUT2D eigenvalue weighted by molar-refractivity contribution is 0.549. The van der Waals surface area contributed by atoms with E-state index in [0.29, 0.717) is 6.42 Å². The van der Waals surface area contributed by atoms with Crippen molar-refractivity contribution in [3.8, 4) is 0 Å². The van der Waals surface area contributed by atoms with Crippen molar-refractivity contribution in [2.24, 2.45) is 0 Å². The molecular weight excluding hydrogens is 198 g/mol. The molecule has 1 aromatic heterocycles. The van der Waals surface area contributed by atoms with Crippen LogP contribution in [-0.4, -0.2) is 4.98 Å². The summed E-state index contributed by atoms with van der Waals surface area (Å²) in [4.78, 5) is 4.41. The third-order valence-corrected chi connectivity index (χ3v) is 2.64. The average Bonchev–Trinajstić information content (AvgIpc) is 2.72. The Kier molecular flexibility index (Phi) is 2.00. The summed E-state index contributed by atoms with van der Waals surface area (Å²) in [5.41, 5.74) is 1.78. The highest BCUT2D eigenvalue weighted by atomic mass is 16.3. The number of hydrogen-bond acceptors (Lipinski definition) is 2. The molecule has 3 aromatic rings. The third kappa shape index (κ3) is 1.31. The molecule has 0 saturated heterocycles. The van der Waals surface area contributed by atoms with Gasteiger partial charge in [-0.25, -0.2) is 4.98 Å². The molecule has 0 N–H and O–H groups in total. The Morgan fingerprint density at radius 3 is 2.94 bits per heavy atom. The number of aromatic nitrogens is 1. The molecule has 0 saturated carbocycles. The predicted molar refractivity (Wildman–Crippen MR) is 65.4 cm³/mol. The first kappa shape index (κ1) is 9.16. The van der Waals surface area contributed by atoms with Crippen molar-refractivity contribution in [3.05, 3.63) is 54.9 Å². The van der Waals surface area contributed by atoms with E-state index in [2.05, 4.69) is 29.8 Å². The van der Waals surface area contributed by atoms with Crippen molar-refractivity contribution in [3.63, 3.8) is 0 Å². The summed E-state index contributed by atoms with van der Waals surface area (Å²) < 4.78 is 5.74. The van der Waals surface area contributed by atoms with E-state index in [-0.39, 0.29) is 0 Å². The van der Waals surface area contributed by atoms with Gasteiger partial charge in [-0.15, -0.1) is 6.58 Å². The van der Waals surface area contributed by atoms with Crippen LogP contribution in [0.3, 0.4) is 0 Å². The van der Waals surface area contributed by atoms with Crippen LogP contribution in [0.1, 0.15) is 5.89 Å². The van der Waals surface area contributed by atoms with Crippen molar-refractivity contribution in [1.82, 2.24) is 4.98 Å². The smallest absolute Gasteiger partial charge is 0.199 e. The molecule has 0 aliphatic heterocycles. The van der Waals surface area contributed by atoms with Crippen molar-refractivity contribution in [2.45, 2.75) is 6.42 Å². The number of nitrogens with zero attached hydrogens (tertiary/aromatic N) is 1. The van der Waals surface area contributed by atoms with Gasteiger partial charge in [0, 0.05) is 11.8 Å². The molecule has 0 fully saturated rings. The second-order valence-electron chi connectivity index (χ2n) is 3.74. The van der Waals surface area contributed by atoms with Gasteiger partial charge in [0.2, 0.25) is 0 Å². The van der Waals surface area contributed by atoms with Crippen molar-refractivity contribution in [2.75, 3.05) is 0 Å². The Morgan fingerprint density at radius 1 is 1.19 bits per heavy atom. The molecule has 0 bridgehead atoms. The SMILES string of the molecule is C=CCc1nc2ccc3ccccc3c2o1. The third-order valence-electron chi connectivity index (χ3n) is 2.64. The number of hydrogen-bond donors (Lipinski definition) is 0. The van der Waals surface area contributed by atoms with Gasteiger partial charge in [0.25, 0.3) is 0 Å². The van der Waals surface area contributed by atoms with Crippen molar-refractivity contribution in [1.29, 1.82) is 0 Å². The van der Waals surface area contributed by atoms with Crippen molar-refractivity contribution >= 4 is 21.9 Å². The lowest BCUT2D eigenvalue weighted by atomic mass is 10.1. The van der Waals surface area contributed by atoms with E-state index < -0.39 is 0 Å². The summed E-state index contributed by atoms with van der Waals surface area (Å²) in [5, 5.41) is 2.29. The van der Waals surface area contributed by atoms with Crippen LogP contribution >= 0.6 is 0 Å². The van der Waals surface area contributed by atoms with Crippen LogP contribution < -0.4 is 0 Å². The van der Waals surface area contributed by atoms with E-state index >= 15 is 0 Å². The molecule has 2 aromatic carbocycles. The molecular formula is C14H11NO. The summed E-state index contributed by atoms with van der Waals surface area (Å²) in [5.74, 6) is 0.723. The van der Waals surface area contributed by atoms with Gasteiger partial charge in [0.1, 0.15) is 5.52 Å². The van der Waals surface area contributed by atoms with E-state index in [1.165, 1.54) is 5.39 Å². The largest absolute Gasteiger partial charge is 0.440 e. The number of fused-ring (bicyclic) bond motifs is 3. The van der Waals surface area contributed by atoms with Gasteiger partial charge < -0.3 is 4.42 Å². The zero-order valence-corrected chi connectivity index (χ0v) is 8.81. The Hall–Kier alpha value is -2.09. The normalized spacial score (nSPS) is 11.0. The molecule has 2 nitrogen and oxygen atoms in total. The minimum Gasteiger partial charge on any atom is -0.440 e. The molecule has 78 valence electrons. The fourth-order valence-electron chi connectivity index (χ4n) is 1.91. The zero-order chi connectivity index (χ0) is 11.0. The first-order valence-electron chi connectivity index (χ1n) is 5.26. The Labute approximate surface area is 93.2 Å². The van der Waals surface area contributed by atoms with E-state index in [1.54, 1.807) is 6.08 Å². The fourth-order valence-corrected chi connectivity index (χ4v) is 1.91. The quantitative estimate of drug-likeness (QED) is 0.601. The van der Waals surface area contributed by atoms with E-state index in [9.17, 15) is 0 Å². The molecule has 0 aliphatic rings. The minimum absolute atomic E-state index is 0.670. The molecule has 16 heavy (non-hydrogen) atoms. The first-order chi connectivity index (χ1) is 7.88. The highest BCUT2D eigenvalue weighted by Gasteiger charge is 2.07. The van der Waals surface area contributed by atoms with Crippen LogP contribution in [0.2, 0.25) is 0 Å². The second-order valence-corrected chi connectivity index (χ2v) is 3.74. The Bertz CT molecular complexity index is 667. The van der Waals surface area contributed by atoms with Gasteiger partial charge in [0.15, 0.2) is 11.5 Å². The summed E-state index contributed by atoms with van der Waals surface area (Å²) >= 11 is 0. The van der Waals surface area contributed by atoms with Crippen LogP contribution in [0, 0.1) is 0 Å².